The van der Waals surface area contributed by atoms with E-state index in [4.69, 9.17) is 0 Å². The zero-order valence-electron chi connectivity index (χ0n) is 26.6. The number of fused-ring (bicyclic) bond motifs is 8. The van der Waals surface area contributed by atoms with Crippen LogP contribution in [0.3, 0.4) is 0 Å². The molecule has 0 N–H and O–H groups in total. The molecule has 17 aliphatic carbocycles. The van der Waals surface area contributed by atoms with Crippen LogP contribution in [0.5, 0.6) is 0 Å². The first-order valence-corrected chi connectivity index (χ1v) is 21.2. The fraction of sp³-hybridized carbons (Fsp3) is 1.00. The van der Waals surface area contributed by atoms with Gasteiger partial charge in [-0.1, -0.05) is 13.8 Å². The van der Waals surface area contributed by atoms with E-state index in [9.17, 15) is 0 Å². The van der Waals surface area contributed by atoms with Crippen molar-refractivity contribution in [3.63, 3.8) is 0 Å². The van der Waals surface area contributed by atoms with Gasteiger partial charge in [0, 0.05) is 0 Å². The molecule has 0 aromatic carbocycles. The van der Waals surface area contributed by atoms with Crippen LogP contribution in [0, 0.1) is 195 Å². The van der Waals surface area contributed by atoms with Crippen LogP contribution < -0.4 is 0 Å². The summed E-state index contributed by atoms with van der Waals surface area (Å²) in [6, 6.07) is 0. The van der Waals surface area contributed by atoms with Crippen molar-refractivity contribution in [3.8, 4) is 0 Å². The second kappa shape index (κ2) is 5.83. The molecule has 0 heterocycles. The Bertz CT molecular complexity index is 1380. The molecular formula is C43H54. The average molecular weight is 571 g/mol. The molecule has 0 aromatic heterocycles. The van der Waals surface area contributed by atoms with Crippen LogP contribution in [-0.4, -0.2) is 0 Å². The highest BCUT2D eigenvalue weighted by molar-refractivity contribution is 5.38. The summed E-state index contributed by atoms with van der Waals surface area (Å²) < 4.78 is 0. The second-order valence-electron chi connectivity index (χ2n) is 23.2. The Balaban J connectivity index is 1.03. The minimum Gasteiger partial charge on any atom is -0.0593 e. The van der Waals surface area contributed by atoms with Gasteiger partial charge in [0.2, 0.25) is 0 Å². The fourth-order valence-electron chi connectivity index (χ4n) is 26.6. The summed E-state index contributed by atoms with van der Waals surface area (Å²) in [5.41, 5.74) is 0.705. The first kappa shape index (κ1) is 21.8. The lowest BCUT2D eigenvalue weighted by atomic mass is 9.43. The molecular weight excluding hydrogens is 516 g/mol. The predicted molar refractivity (Wildman–Crippen MR) is 162 cm³/mol. The largest absolute Gasteiger partial charge is 0.0593 e. The lowest BCUT2D eigenvalue weighted by Crippen LogP contribution is -2.58. The molecule has 17 saturated carbocycles. The van der Waals surface area contributed by atoms with Crippen LogP contribution in [0.1, 0.15) is 65.2 Å². The third kappa shape index (κ3) is 1.65. The number of hydrogen-bond acceptors (Lipinski definition) is 0. The van der Waals surface area contributed by atoms with Crippen molar-refractivity contribution in [1.82, 2.24) is 0 Å². The molecule has 0 heteroatoms. The minimum atomic E-state index is 0.705. The third-order valence-corrected chi connectivity index (χ3v) is 24.8. The molecule has 0 saturated heterocycles. The smallest absolute Gasteiger partial charge is 0.0286 e. The number of hydrogen-bond donors (Lipinski definition) is 0. The quantitative estimate of drug-likeness (QED) is 0.276. The maximum absolute atomic E-state index is 2.86. The Kier molecular flexibility index (Phi) is 2.96. The van der Waals surface area contributed by atoms with Crippen molar-refractivity contribution in [3.05, 3.63) is 0 Å². The van der Waals surface area contributed by atoms with Gasteiger partial charge in [-0.15, -0.1) is 0 Å². The normalized spacial score (nSPS) is 87.2. The number of rotatable bonds is 0. The standard InChI is InChI=1S/C43H54/c1-43(2)41-27-17-9-7-15-13-5-3-11-12-4-6-14-16-8-10-18-26-24(16)31-22(14)20(12)29-19(11)21(13)30-23(15)25(17)32-34(27)35(28(18)42(41)43)33(26)40-38(31)36(29)37(30)39(32)40/h11-42H,3-10H2,1-2H3. The van der Waals surface area contributed by atoms with Gasteiger partial charge in [-0.05, 0) is 246 Å². The fourth-order valence-corrected chi connectivity index (χ4v) is 26.6. The molecule has 226 valence electrons. The summed E-state index contributed by atoms with van der Waals surface area (Å²) in [4.78, 5) is 0. The Hall–Kier alpha value is 0. The molecule has 0 radical (unpaired) electrons. The van der Waals surface area contributed by atoms with Crippen LogP contribution in [0.25, 0.3) is 0 Å². The van der Waals surface area contributed by atoms with E-state index in [1.165, 1.54) is 189 Å². The molecule has 0 aromatic rings. The van der Waals surface area contributed by atoms with Gasteiger partial charge in [-0.2, -0.15) is 0 Å². The van der Waals surface area contributed by atoms with Crippen molar-refractivity contribution < 1.29 is 0 Å². The molecule has 17 rings (SSSR count). The highest BCUT2D eigenvalue weighted by Crippen LogP contribution is 2.95. The molecule has 17 aliphatic rings. The van der Waals surface area contributed by atoms with Crippen LogP contribution in [0.15, 0.2) is 0 Å². The van der Waals surface area contributed by atoms with Gasteiger partial charge >= 0.3 is 0 Å². The SMILES string of the molecule is CC1(C)C2C3C4CCC5C6CCC7C8CCC9C%10CCC%11C%12C%10C%10C9C8C8C7C6C6C5C4C4C5C6C8C%10C5C%12C(C43)C%11C21. The van der Waals surface area contributed by atoms with Gasteiger partial charge in [0.25, 0.3) is 0 Å². The highest BCUT2D eigenvalue weighted by Gasteiger charge is 2.91. The van der Waals surface area contributed by atoms with Gasteiger partial charge in [-0.25, -0.2) is 0 Å². The van der Waals surface area contributed by atoms with Crippen LogP contribution in [0.4, 0.5) is 0 Å². The lowest BCUT2D eigenvalue weighted by Gasteiger charge is -2.61. The third-order valence-electron chi connectivity index (χ3n) is 24.8. The molecule has 0 nitrogen and oxygen atoms in total. The average Bonchev–Trinajstić information content (AvgIpc) is 3.67. The predicted octanol–water partition coefficient (Wildman–Crippen LogP) is 8.08. The van der Waals surface area contributed by atoms with Gasteiger partial charge < -0.3 is 0 Å². The summed E-state index contributed by atoms with van der Waals surface area (Å²) in [5, 5.41) is 0. The minimum absolute atomic E-state index is 0.705. The topological polar surface area (TPSA) is 0 Å². The monoisotopic (exact) mass is 570 g/mol. The summed E-state index contributed by atoms with van der Waals surface area (Å²) in [7, 11) is 0. The molecule has 43 heavy (non-hydrogen) atoms. The van der Waals surface area contributed by atoms with Crippen molar-refractivity contribution in [2.45, 2.75) is 65.2 Å². The maximum atomic E-state index is 2.86. The van der Waals surface area contributed by atoms with Gasteiger partial charge in [0.05, 0.1) is 0 Å². The Morgan fingerprint density at radius 2 is 0.419 bits per heavy atom. The van der Waals surface area contributed by atoms with Crippen LogP contribution in [0.2, 0.25) is 0 Å². The zero-order valence-corrected chi connectivity index (χ0v) is 26.6. The van der Waals surface area contributed by atoms with Crippen LogP contribution in [-0.2, 0) is 0 Å². The van der Waals surface area contributed by atoms with E-state index in [1.807, 2.05) is 0 Å². The molecule has 30 unspecified atom stereocenters. The van der Waals surface area contributed by atoms with E-state index in [1.54, 1.807) is 51.4 Å². The van der Waals surface area contributed by atoms with Crippen molar-refractivity contribution >= 4 is 0 Å². The van der Waals surface area contributed by atoms with Gasteiger partial charge in [0.15, 0.2) is 0 Å². The maximum Gasteiger partial charge on any atom is -0.0286 e. The zero-order chi connectivity index (χ0) is 26.6. The van der Waals surface area contributed by atoms with E-state index in [2.05, 4.69) is 13.8 Å². The molecule has 0 bridgehead atoms. The molecule has 30 atom stereocenters. The van der Waals surface area contributed by atoms with Gasteiger partial charge in [0.1, 0.15) is 0 Å². The summed E-state index contributed by atoms with van der Waals surface area (Å²) >= 11 is 0. The van der Waals surface area contributed by atoms with E-state index < -0.39 is 0 Å². The summed E-state index contributed by atoms with van der Waals surface area (Å²) in [6.07, 6.45) is 13.8. The molecule has 17 fully saturated rings. The van der Waals surface area contributed by atoms with Crippen molar-refractivity contribution in [1.29, 1.82) is 0 Å². The highest BCUT2D eigenvalue weighted by atomic mass is 15.0. The van der Waals surface area contributed by atoms with Gasteiger partial charge in [-0.3, -0.25) is 0 Å². The van der Waals surface area contributed by atoms with E-state index in [-0.39, 0.29) is 0 Å². The second-order valence-corrected chi connectivity index (χ2v) is 23.2. The van der Waals surface area contributed by atoms with Crippen LogP contribution >= 0.6 is 0 Å². The Labute approximate surface area is 259 Å². The van der Waals surface area contributed by atoms with E-state index in [0.717, 1.165) is 0 Å². The molecule has 0 aliphatic heterocycles. The Morgan fingerprint density at radius 3 is 0.721 bits per heavy atom. The van der Waals surface area contributed by atoms with Crippen molar-refractivity contribution in [2.75, 3.05) is 0 Å². The van der Waals surface area contributed by atoms with Crippen molar-refractivity contribution in [2.24, 2.45) is 195 Å². The molecule has 0 spiro atoms. The van der Waals surface area contributed by atoms with E-state index in [0.29, 0.717) is 5.41 Å². The first-order valence-electron chi connectivity index (χ1n) is 21.2. The summed E-state index contributed by atoms with van der Waals surface area (Å²) in [6.45, 7) is 5.71. The van der Waals surface area contributed by atoms with E-state index >= 15 is 0 Å². The summed E-state index contributed by atoms with van der Waals surface area (Å²) in [5.74, 6) is 39.7. The Morgan fingerprint density at radius 1 is 0.233 bits per heavy atom. The lowest BCUT2D eigenvalue weighted by molar-refractivity contribution is -0.148. The first-order chi connectivity index (χ1) is 21.2. The molecule has 0 amide bonds.